The number of halogens is 3. The van der Waals surface area contributed by atoms with Crippen LogP contribution in [-0.4, -0.2) is 10.9 Å². The van der Waals surface area contributed by atoms with Crippen molar-refractivity contribution in [1.82, 2.24) is 4.98 Å². The lowest BCUT2D eigenvalue weighted by Gasteiger charge is -2.07. The zero-order valence-electron chi connectivity index (χ0n) is 8.95. The Balaban J connectivity index is 2.28. The van der Waals surface area contributed by atoms with Crippen LogP contribution in [0, 0.1) is 5.82 Å². The Morgan fingerprint density at radius 2 is 2.00 bits per heavy atom. The van der Waals surface area contributed by atoms with E-state index in [0.717, 1.165) is 0 Å². The molecule has 2 aromatic rings. The van der Waals surface area contributed by atoms with Gasteiger partial charge >= 0.3 is 0 Å². The molecule has 0 saturated carbocycles. The van der Waals surface area contributed by atoms with Gasteiger partial charge in [-0.05, 0) is 56.1 Å². The standard InChI is InChI=1S/C12H7Br2FN2O/c13-8-4-1-3-7(10(8)15)12(18)17-9-5-2-6-16-11(9)14/h1-6H,(H,17,18). The minimum Gasteiger partial charge on any atom is -0.320 e. The van der Waals surface area contributed by atoms with E-state index in [4.69, 9.17) is 0 Å². The van der Waals surface area contributed by atoms with Gasteiger partial charge in [0, 0.05) is 6.20 Å². The van der Waals surface area contributed by atoms with E-state index in [9.17, 15) is 9.18 Å². The lowest BCUT2D eigenvalue weighted by atomic mass is 10.2. The van der Waals surface area contributed by atoms with E-state index in [1.54, 1.807) is 24.4 Å². The minimum absolute atomic E-state index is 0.0277. The zero-order chi connectivity index (χ0) is 13.1. The van der Waals surface area contributed by atoms with Gasteiger partial charge in [0.15, 0.2) is 0 Å². The van der Waals surface area contributed by atoms with Crippen LogP contribution in [0.25, 0.3) is 0 Å². The fourth-order valence-electron chi connectivity index (χ4n) is 1.35. The number of amides is 1. The summed E-state index contributed by atoms with van der Waals surface area (Å²) in [5.74, 6) is -1.11. The summed E-state index contributed by atoms with van der Waals surface area (Å²) in [6, 6.07) is 7.90. The number of benzene rings is 1. The number of hydrogen-bond acceptors (Lipinski definition) is 2. The average molecular weight is 374 g/mol. The molecule has 1 aromatic heterocycles. The topological polar surface area (TPSA) is 42.0 Å². The summed E-state index contributed by atoms with van der Waals surface area (Å²) in [5, 5.41) is 2.59. The maximum absolute atomic E-state index is 13.7. The summed E-state index contributed by atoms with van der Waals surface area (Å²) >= 11 is 6.24. The van der Waals surface area contributed by atoms with Crippen molar-refractivity contribution in [3.8, 4) is 0 Å². The van der Waals surface area contributed by atoms with Crippen molar-refractivity contribution < 1.29 is 9.18 Å². The molecular formula is C12H7Br2FN2O. The van der Waals surface area contributed by atoms with Gasteiger partial charge in [0.2, 0.25) is 0 Å². The van der Waals surface area contributed by atoms with Crippen LogP contribution in [-0.2, 0) is 0 Å². The Hall–Kier alpha value is -1.27. The van der Waals surface area contributed by atoms with E-state index in [1.807, 2.05) is 0 Å². The van der Waals surface area contributed by atoms with Gasteiger partial charge in [0.1, 0.15) is 10.4 Å². The second-order valence-corrected chi connectivity index (χ2v) is 5.00. The predicted molar refractivity (Wildman–Crippen MR) is 74.0 cm³/mol. The van der Waals surface area contributed by atoms with Crippen molar-refractivity contribution in [2.24, 2.45) is 0 Å². The molecule has 0 spiro atoms. The van der Waals surface area contributed by atoms with Gasteiger partial charge in [-0.3, -0.25) is 4.79 Å². The van der Waals surface area contributed by atoms with E-state index in [0.29, 0.717) is 10.3 Å². The second kappa shape index (κ2) is 5.58. The molecule has 0 atom stereocenters. The highest BCUT2D eigenvalue weighted by atomic mass is 79.9. The second-order valence-electron chi connectivity index (χ2n) is 3.40. The van der Waals surface area contributed by atoms with Gasteiger partial charge in [-0.15, -0.1) is 0 Å². The molecule has 92 valence electrons. The van der Waals surface area contributed by atoms with Crippen molar-refractivity contribution in [3.05, 3.63) is 57.0 Å². The summed E-state index contributed by atoms with van der Waals surface area (Å²) in [5.41, 5.74) is 0.460. The van der Waals surface area contributed by atoms with Gasteiger partial charge in [-0.25, -0.2) is 9.37 Å². The molecule has 0 aliphatic heterocycles. The maximum Gasteiger partial charge on any atom is 0.258 e. The average Bonchev–Trinajstić information content (AvgIpc) is 2.35. The molecule has 0 fully saturated rings. The summed E-state index contributed by atoms with van der Waals surface area (Å²) < 4.78 is 14.5. The van der Waals surface area contributed by atoms with Gasteiger partial charge in [0.25, 0.3) is 5.91 Å². The third kappa shape index (κ3) is 2.76. The molecule has 1 amide bonds. The van der Waals surface area contributed by atoms with Crippen LogP contribution in [0.4, 0.5) is 10.1 Å². The lowest BCUT2D eigenvalue weighted by Crippen LogP contribution is -2.14. The monoisotopic (exact) mass is 372 g/mol. The Morgan fingerprint density at radius 3 is 2.72 bits per heavy atom. The maximum atomic E-state index is 13.7. The van der Waals surface area contributed by atoms with E-state index in [-0.39, 0.29) is 10.0 Å². The fraction of sp³-hybridized carbons (Fsp3) is 0. The van der Waals surface area contributed by atoms with Crippen molar-refractivity contribution in [1.29, 1.82) is 0 Å². The summed E-state index contributed by atoms with van der Waals surface area (Å²) in [4.78, 5) is 15.9. The Morgan fingerprint density at radius 1 is 1.22 bits per heavy atom. The summed E-state index contributed by atoms with van der Waals surface area (Å²) in [6.07, 6.45) is 1.58. The van der Waals surface area contributed by atoms with Gasteiger partial charge in [-0.1, -0.05) is 6.07 Å². The first kappa shape index (κ1) is 13.2. The van der Waals surface area contributed by atoms with E-state index in [2.05, 4.69) is 42.2 Å². The van der Waals surface area contributed by atoms with Gasteiger partial charge in [-0.2, -0.15) is 0 Å². The number of pyridine rings is 1. The fourth-order valence-corrected chi connectivity index (χ4v) is 2.06. The quantitative estimate of drug-likeness (QED) is 0.808. The van der Waals surface area contributed by atoms with Crippen LogP contribution < -0.4 is 5.32 Å². The molecule has 18 heavy (non-hydrogen) atoms. The molecule has 2 rings (SSSR count). The first-order valence-electron chi connectivity index (χ1n) is 4.95. The number of carbonyl (C=O) groups is 1. The number of rotatable bonds is 2. The zero-order valence-corrected chi connectivity index (χ0v) is 12.1. The van der Waals surface area contributed by atoms with Crippen molar-refractivity contribution >= 4 is 43.5 Å². The molecule has 3 nitrogen and oxygen atoms in total. The number of hydrogen-bond donors (Lipinski definition) is 1. The van der Waals surface area contributed by atoms with Crippen LogP contribution >= 0.6 is 31.9 Å². The van der Waals surface area contributed by atoms with E-state index in [1.165, 1.54) is 12.1 Å². The molecule has 1 N–H and O–H groups in total. The number of nitrogens with one attached hydrogen (secondary N) is 1. The highest BCUT2D eigenvalue weighted by Gasteiger charge is 2.14. The largest absolute Gasteiger partial charge is 0.320 e. The highest BCUT2D eigenvalue weighted by Crippen LogP contribution is 2.22. The predicted octanol–water partition coefficient (Wildman–Crippen LogP) is 4.00. The lowest BCUT2D eigenvalue weighted by molar-refractivity contribution is 0.102. The molecule has 6 heteroatoms. The molecular weight excluding hydrogens is 367 g/mol. The van der Waals surface area contributed by atoms with Crippen LogP contribution in [0.3, 0.4) is 0 Å². The molecule has 1 aromatic carbocycles. The molecule has 1 heterocycles. The first-order chi connectivity index (χ1) is 8.59. The normalized spacial score (nSPS) is 10.2. The SMILES string of the molecule is O=C(Nc1cccnc1Br)c1cccc(Br)c1F. The molecule has 0 bridgehead atoms. The number of carbonyl (C=O) groups excluding carboxylic acids is 1. The van der Waals surface area contributed by atoms with Gasteiger partial charge < -0.3 is 5.32 Å². The Labute approximate surface area is 120 Å². The smallest absolute Gasteiger partial charge is 0.258 e. The summed E-state index contributed by atoms with van der Waals surface area (Å²) in [6.45, 7) is 0. The number of nitrogens with zero attached hydrogens (tertiary/aromatic N) is 1. The van der Waals surface area contributed by atoms with Gasteiger partial charge in [0.05, 0.1) is 15.7 Å². The van der Waals surface area contributed by atoms with Crippen molar-refractivity contribution in [2.45, 2.75) is 0 Å². The third-order valence-corrected chi connectivity index (χ3v) is 3.45. The highest BCUT2D eigenvalue weighted by molar-refractivity contribution is 9.10. The summed E-state index contributed by atoms with van der Waals surface area (Å²) in [7, 11) is 0. The molecule has 0 aliphatic carbocycles. The van der Waals surface area contributed by atoms with Crippen LogP contribution in [0.5, 0.6) is 0 Å². The van der Waals surface area contributed by atoms with Crippen molar-refractivity contribution in [3.63, 3.8) is 0 Å². The van der Waals surface area contributed by atoms with E-state index < -0.39 is 11.7 Å². The van der Waals surface area contributed by atoms with Crippen molar-refractivity contribution in [2.75, 3.05) is 5.32 Å². The number of anilines is 1. The molecule has 0 unspecified atom stereocenters. The van der Waals surface area contributed by atoms with Crippen LogP contribution in [0.15, 0.2) is 45.6 Å². The molecule has 0 radical (unpaired) electrons. The molecule has 0 aliphatic rings. The van der Waals surface area contributed by atoms with Crippen LogP contribution in [0.1, 0.15) is 10.4 Å². The van der Waals surface area contributed by atoms with E-state index >= 15 is 0 Å². The Kier molecular flexibility index (Phi) is 4.08. The minimum atomic E-state index is -0.588. The third-order valence-electron chi connectivity index (χ3n) is 2.20. The Bertz CT molecular complexity index is 604. The number of aromatic nitrogens is 1. The first-order valence-corrected chi connectivity index (χ1v) is 6.54. The molecule has 0 saturated heterocycles. The van der Waals surface area contributed by atoms with Crippen LogP contribution in [0.2, 0.25) is 0 Å².